The largest absolute Gasteiger partial charge is 0.358 e. The fourth-order valence-electron chi connectivity index (χ4n) is 2.59. The molecule has 1 fully saturated rings. The van der Waals surface area contributed by atoms with Crippen LogP contribution in [0.2, 0.25) is 0 Å². The van der Waals surface area contributed by atoms with Crippen LogP contribution in [0.15, 0.2) is 12.1 Å². The SMILES string of the molecule is CN(CC1CCCCN1)C(=O)c1ccc([N+](=O)[O-])n1C. The summed E-state index contributed by atoms with van der Waals surface area (Å²) < 4.78 is 1.33. The molecule has 1 aliphatic rings. The normalized spacial score (nSPS) is 18.8. The van der Waals surface area contributed by atoms with E-state index in [0.717, 1.165) is 13.0 Å². The number of carbonyl (C=O) groups excluding carboxylic acids is 1. The van der Waals surface area contributed by atoms with Crippen LogP contribution in [0.3, 0.4) is 0 Å². The zero-order valence-corrected chi connectivity index (χ0v) is 11.8. The van der Waals surface area contributed by atoms with Gasteiger partial charge >= 0.3 is 5.82 Å². The first-order valence-corrected chi connectivity index (χ1v) is 6.79. The Balaban J connectivity index is 2.04. The van der Waals surface area contributed by atoms with Crippen LogP contribution in [-0.2, 0) is 7.05 Å². The summed E-state index contributed by atoms with van der Waals surface area (Å²) in [7, 11) is 3.27. The van der Waals surface area contributed by atoms with Gasteiger partial charge in [0.2, 0.25) is 0 Å². The van der Waals surface area contributed by atoms with E-state index in [9.17, 15) is 14.9 Å². The number of piperidine rings is 1. The molecular weight excluding hydrogens is 260 g/mol. The number of nitrogens with zero attached hydrogens (tertiary/aromatic N) is 3. The molecule has 0 saturated carbocycles. The highest BCUT2D eigenvalue weighted by molar-refractivity contribution is 5.93. The second-order valence-electron chi connectivity index (χ2n) is 5.23. The molecule has 1 saturated heterocycles. The van der Waals surface area contributed by atoms with E-state index in [-0.39, 0.29) is 11.7 Å². The third-order valence-electron chi connectivity index (χ3n) is 3.75. The number of likely N-dealkylation sites (N-methyl/N-ethyl adjacent to an activating group) is 1. The zero-order valence-electron chi connectivity index (χ0n) is 11.8. The summed E-state index contributed by atoms with van der Waals surface area (Å²) in [6.07, 6.45) is 3.42. The van der Waals surface area contributed by atoms with Crippen LogP contribution in [-0.4, -0.2) is 46.5 Å². The first-order chi connectivity index (χ1) is 9.50. The fraction of sp³-hybridized carbons (Fsp3) is 0.615. The number of hydrogen-bond donors (Lipinski definition) is 1. The monoisotopic (exact) mass is 280 g/mol. The Morgan fingerprint density at radius 1 is 1.55 bits per heavy atom. The number of hydrogen-bond acceptors (Lipinski definition) is 4. The number of amides is 1. The van der Waals surface area contributed by atoms with Crippen molar-refractivity contribution >= 4 is 11.7 Å². The molecule has 7 heteroatoms. The molecule has 0 aromatic carbocycles. The lowest BCUT2D eigenvalue weighted by Gasteiger charge is -2.27. The van der Waals surface area contributed by atoms with Gasteiger partial charge in [-0.05, 0) is 30.4 Å². The molecule has 2 heterocycles. The molecule has 0 aliphatic carbocycles. The molecule has 20 heavy (non-hydrogen) atoms. The van der Waals surface area contributed by atoms with E-state index in [1.165, 1.54) is 36.6 Å². The minimum absolute atomic E-state index is 0.0717. The molecule has 1 aromatic rings. The van der Waals surface area contributed by atoms with Gasteiger partial charge in [-0.25, -0.2) is 4.57 Å². The van der Waals surface area contributed by atoms with Crippen LogP contribution >= 0.6 is 0 Å². The number of aromatic nitrogens is 1. The second kappa shape index (κ2) is 6.04. The highest BCUT2D eigenvalue weighted by Crippen LogP contribution is 2.17. The van der Waals surface area contributed by atoms with Crippen molar-refractivity contribution in [3.63, 3.8) is 0 Å². The summed E-state index contributed by atoms with van der Waals surface area (Å²) in [5.41, 5.74) is 0.343. The summed E-state index contributed by atoms with van der Waals surface area (Å²) in [5.74, 6) is -0.259. The van der Waals surface area contributed by atoms with E-state index < -0.39 is 4.92 Å². The number of nitrogens with one attached hydrogen (secondary N) is 1. The van der Waals surface area contributed by atoms with Gasteiger partial charge in [0.1, 0.15) is 0 Å². The third-order valence-corrected chi connectivity index (χ3v) is 3.75. The van der Waals surface area contributed by atoms with E-state index >= 15 is 0 Å². The van der Waals surface area contributed by atoms with Crippen molar-refractivity contribution in [3.05, 3.63) is 27.9 Å². The molecule has 1 amide bonds. The van der Waals surface area contributed by atoms with Gasteiger partial charge < -0.3 is 20.3 Å². The minimum Gasteiger partial charge on any atom is -0.358 e. The first-order valence-electron chi connectivity index (χ1n) is 6.79. The molecule has 0 radical (unpaired) electrons. The topological polar surface area (TPSA) is 80.4 Å². The van der Waals surface area contributed by atoms with Crippen LogP contribution in [0.4, 0.5) is 5.82 Å². The molecule has 0 spiro atoms. The van der Waals surface area contributed by atoms with Crippen molar-refractivity contribution in [1.29, 1.82) is 0 Å². The number of nitro groups is 1. The lowest BCUT2D eigenvalue weighted by molar-refractivity contribution is -0.391. The first kappa shape index (κ1) is 14.5. The Bertz CT molecular complexity index is 506. The minimum atomic E-state index is -0.487. The Morgan fingerprint density at radius 3 is 2.85 bits per heavy atom. The van der Waals surface area contributed by atoms with Crippen molar-refractivity contribution < 1.29 is 9.72 Å². The van der Waals surface area contributed by atoms with Gasteiger partial charge in [0.05, 0.1) is 7.05 Å². The molecule has 7 nitrogen and oxygen atoms in total. The van der Waals surface area contributed by atoms with Gasteiger partial charge in [0, 0.05) is 25.7 Å². The summed E-state index contributed by atoms with van der Waals surface area (Å²) in [6, 6.07) is 3.18. The van der Waals surface area contributed by atoms with E-state index in [4.69, 9.17) is 0 Å². The Labute approximate surface area is 117 Å². The van der Waals surface area contributed by atoms with Crippen molar-refractivity contribution in [1.82, 2.24) is 14.8 Å². The van der Waals surface area contributed by atoms with Crippen molar-refractivity contribution in [2.24, 2.45) is 7.05 Å². The Morgan fingerprint density at radius 2 is 2.30 bits per heavy atom. The number of rotatable bonds is 4. The quantitative estimate of drug-likeness (QED) is 0.662. The third kappa shape index (κ3) is 2.98. The Hall–Kier alpha value is -1.89. The summed E-state index contributed by atoms with van der Waals surface area (Å²) in [4.78, 5) is 24.3. The highest BCUT2D eigenvalue weighted by atomic mass is 16.6. The Kier molecular flexibility index (Phi) is 4.39. The van der Waals surface area contributed by atoms with Gasteiger partial charge in [-0.1, -0.05) is 6.42 Å². The molecule has 1 aliphatic heterocycles. The maximum absolute atomic E-state index is 12.3. The van der Waals surface area contributed by atoms with Crippen LogP contribution in [0.1, 0.15) is 29.8 Å². The van der Waals surface area contributed by atoms with Gasteiger partial charge in [0.25, 0.3) is 5.91 Å². The van der Waals surface area contributed by atoms with E-state index in [0.29, 0.717) is 18.3 Å². The van der Waals surface area contributed by atoms with Gasteiger partial charge in [-0.3, -0.25) is 4.79 Å². The van der Waals surface area contributed by atoms with E-state index in [1.807, 2.05) is 0 Å². The average Bonchev–Trinajstić information content (AvgIpc) is 2.81. The smallest absolute Gasteiger partial charge is 0.323 e. The van der Waals surface area contributed by atoms with Crippen LogP contribution in [0.25, 0.3) is 0 Å². The average molecular weight is 280 g/mol. The van der Waals surface area contributed by atoms with Crippen molar-refractivity contribution in [2.75, 3.05) is 20.1 Å². The summed E-state index contributed by atoms with van der Waals surface area (Å²) >= 11 is 0. The van der Waals surface area contributed by atoms with Gasteiger partial charge in [0.15, 0.2) is 5.69 Å². The van der Waals surface area contributed by atoms with Crippen LogP contribution in [0, 0.1) is 10.1 Å². The molecule has 1 unspecified atom stereocenters. The second-order valence-corrected chi connectivity index (χ2v) is 5.23. The maximum Gasteiger partial charge on any atom is 0.323 e. The summed E-state index contributed by atoms with van der Waals surface area (Å²) in [5, 5.41) is 14.2. The molecule has 1 N–H and O–H groups in total. The maximum atomic E-state index is 12.3. The molecule has 1 atom stereocenters. The predicted molar refractivity (Wildman–Crippen MR) is 74.7 cm³/mol. The molecular formula is C13H20N4O3. The van der Waals surface area contributed by atoms with Crippen molar-refractivity contribution in [3.8, 4) is 0 Å². The summed E-state index contributed by atoms with van der Waals surface area (Å²) in [6.45, 7) is 1.61. The predicted octanol–water partition coefficient (Wildman–Crippen LogP) is 1.15. The van der Waals surface area contributed by atoms with Gasteiger partial charge in [-0.15, -0.1) is 0 Å². The standard InChI is InChI=1S/C13H20N4O3/c1-15(9-10-5-3-4-8-14-10)13(18)11-6-7-12(16(11)2)17(19)20/h6-7,10,14H,3-5,8-9H2,1-2H3. The van der Waals surface area contributed by atoms with E-state index in [1.54, 1.807) is 11.9 Å². The zero-order chi connectivity index (χ0) is 14.7. The highest BCUT2D eigenvalue weighted by Gasteiger charge is 2.25. The van der Waals surface area contributed by atoms with Gasteiger partial charge in [-0.2, -0.15) is 0 Å². The molecule has 110 valence electrons. The lowest BCUT2D eigenvalue weighted by Crippen LogP contribution is -2.44. The van der Waals surface area contributed by atoms with Crippen molar-refractivity contribution in [2.45, 2.75) is 25.3 Å². The van der Waals surface area contributed by atoms with Crippen LogP contribution < -0.4 is 5.32 Å². The fourth-order valence-corrected chi connectivity index (χ4v) is 2.59. The van der Waals surface area contributed by atoms with Crippen LogP contribution in [0.5, 0.6) is 0 Å². The van der Waals surface area contributed by atoms with E-state index in [2.05, 4.69) is 5.32 Å². The number of carbonyl (C=O) groups is 1. The molecule has 2 rings (SSSR count). The molecule has 1 aromatic heterocycles. The molecule has 0 bridgehead atoms. The lowest BCUT2D eigenvalue weighted by atomic mass is 10.0.